The third-order valence-corrected chi connectivity index (χ3v) is 4.03. The van der Waals surface area contributed by atoms with Crippen LogP contribution in [0.3, 0.4) is 0 Å². The molecule has 0 spiro atoms. The Hall–Kier alpha value is -3.88. The van der Waals surface area contributed by atoms with E-state index in [1.54, 1.807) is 19.1 Å². The summed E-state index contributed by atoms with van der Waals surface area (Å²) in [5, 5.41) is 2.01. The quantitative estimate of drug-likeness (QED) is 0.474. The molecule has 0 aliphatic carbocycles. The van der Waals surface area contributed by atoms with Crippen molar-refractivity contribution in [3.63, 3.8) is 0 Å². The molecule has 4 amide bonds. The molecule has 148 valence electrons. The number of benzene rings is 2. The Morgan fingerprint density at radius 2 is 1.97 bits per heavy atom. The van der Waals surface area contributed by atoms with Crippen LogP contribution in [0.4, 0.5) is 20.6 Å². The highest BCUT2D eigenvalue weighted by Crippen LogP contribution is 2.24. The molecule has 0 saturated carbocycles. The van der Waals surface area contributed by atoms with E-state index in [9.17, 15) is 23.6 Å². The summed E-state index contributed by atoms with van der Waals surface area (Å²) in [6.07, 6.45) is 1.04. The van der Waals surface area contributed by atoms with Crippen molar-refractivity contribution in [1.29, 1.82) is 0 Å². The molecule has 1 aliphatic rings. The summed E-state index contributed by atoms with van der Waals surface area (Å²) in [6, 6.07) is 10.3. The van der Waals surface area contributed by atoms with Gasteiger partial charge >= 0.3 is 12.0 Å². The first-order valence-corrected chi connectivity index (χ1v) is 8.67. The van der Waals surface area contributed by atoms with Gasteiger partial charge in [-0.05, 0) is 37.3 Å². The summed E-state index contributed by atoms with van der Waals surface area (Å²) >= 11 is 0. The second-order valence-electron chi connectivity index (χ2n) is 5.95. The Labute approximate surface area is 165 Å². The molecule has 9 heteroatoms. The molecule has 1 fully saturated rings. The number of hydrogen-bond donors (Lipinski definition) is 1. The molecule has 2 aromatic rings. The number of barbiturate groups is 1. The number of hydrogen-bond acceptors (Lipinski definition) is 6. The highest BCUT2D eigenvalue weighted by molar-refractivity contribution is 6.32. The molecule has 0 aromatic heterocycles. The lowest BCUT2D eigenvalue weighted by molar-refractivity contribution is -0.131. The van der Waals surface area contributed by atoms with Crippen molar-refractivity contribution >= 4 is 41.4 Å². The molecular formula is C20H16FN3O5. The number of anilines is 1. The predicted molar refractivity (Wildman–Crippen MR) is 101 cm³/mol. The Bertz CT molecular complexity index is 1020. The van der Waals surface area contributed by atoms with Crippen molar-refractivity contribution in [2.45, 2.75) is 6.92 Å². The van der Waals surface area contributed by atoms with Crippen LogP contribution >= 0.6 is 0 Å². The summed E-state index contributed by atoms with van der Waals surface area (Å²) < 4.78 is 19.0. The van der Waals surface area contributed by atoms with Gasteiger partial charge in [0.15, 0.2) is 5.92 Å². The highest BCUT2D eigenvalue weighted by atomic mass is 19.1. The summed E-state index contributed by atoms with van der Waals surface area (Å²) in [7, 11) is 0. The van der Waals surface area contributed by atoms with Gasteiger partial charge in [-0.3, -0.25) is 19.9 Å². The zero-order chi connectivity index (χ0) is 21.0. The van der Waals surface area contributed by atoms with Gasteiger partial charge in [0.1, 0.15) is 5.82 Å². The number of para-hydroxylation sites is 1. The maximum atomic E-state index is 14.0. The molecule has 1 heterocycles. The summed E-state index contributed by atoms with van der Waals surface area (Å²) in [6.45, 7) is 1.89. The van der Waals surface area contributed by atoms with Gasteiger partial charge in [0.25, 0.3) is 5.91 Å². The van der Waals surface area contributed by atoms with E-state index in [2.05, 4.69) is 4.99 Å². The number of amides is 4. The number of aliphatic imine (C=N–C) groups is 1. The molecular weight excluding hydrogens is 381 g/mol. The van der Waals surface area contributed by atoms with Crippen LogP contribution in [0.5, 0.6) is 0 Å². The molecule has 1 saturated heterocycles. The number of nitrogens with one attached hydrogen (secondary N) is 1. The molecule has 2 aromatic carbocycles. The highest BCUT2D eigenvalue weighted by Gasteiger charge is 2.41. The standard InChI is InChI=1S/C20H16FN3O5/c1-2-29-19(27)12-6-5-7-13(10-12)22-11-14-17(25)23-20(28)24(18(14)26)16-9-4-3-8-15(16)21/h3-11,14H,2H2,1H3,(H,23,25,28)/t14-/m0/s1. The van der Waals surface area contributed by atoms with Gasteiger partial charge in [-0.15, -0.1) is 0 Å². The summed E-state index contributed by atoms with van der Waals surface area (Å²) in [5.41, 5.74) is 0.278. The fourth-order valence-corrected chi connectivity index (χ4v) is 2.67. The van der Waals surface area contributed by atoms with Crippen molar-refractivity contribution < 1.29 is 28.3 Å². The van der Waals surface area contributed by atoms with E-state index < -0.39 is 35.5 Å². The number of urea groups is 1. The van der Waals surface area contributed by atoms with E-state index in [1.165, 1.54) is 30.3 Å². The van der Waals surface area contributed by atoms with E-state index in [1.807, 2.05) is 5.32 Å². The van der Waals surface area contributed by atoms with Crippen LogP contribution in [0.1, 0.15) is 17.3 Å². The van der Waals surface area contributed by atoms with Crippen LogP contribution in [0.25, 0.3) is 0 Å². The Kier molecular flexibility index (Phi) is 5.77. The summed E-state index contributed by atoms with van der Waals surface area (Å²) in [5.74, 6) is -4.58. The first kappa shape index (κ1) is 19.9. The number of ether oxygens (including phenoxy) is 1. The van der Waals surface area contributed by atoms with Gasteiger partial charge < -0.3 is 4.74 Å². The fourth-order valence-electron chi connectivity index (χ4n) is 2.67. The third kappa shape index (κ3) is 4.18. The number of rotatable bonds is 5. The van der Waals surface area contributed by atoms with E-state index in [-0.39, 0.29) is 17.9 Å². The van der Waals surface area contributed by atoms with Crippen LogP contribution in [0, 0.1) is 11.7 Å². The van der Waals surface area contributed by atoms with Crippen molar-refractivity contribution in [1.82, 2.24) is 5.32 Å². The number of carbonyl (C=O) groups is 4. The number of carbonyl (C=O) groups excluding carboxylic acids is 4. The van der Waals surface area contributed by atoms with Crippen LogP contribution in [0.2, 0.25) is 0 Å². The van der Waals surface area contributed by atoms with Gasteiger partial charge in [-0.25, -0.2) is 18.9 Å². The second kappa shape index (κ2) is 8.42. The lowest BCUT2D eigenvalue weighted by atomic mass is 10.1. The van der Waals surface area contributed by atoms with E-state index in [4.69, 9.17) is 4.74 Å². The molecule has 0 radical (unpaired) electrons. The van der Waals surface area contributed by atoms with Gasteiger partial charge in [0.2, 0.25) is 5.91 Å². The largest absolute Gasteiger partial charge is 0.462 e. The minimum Gasteiger partial charge on any atom is -0.462 e. The van der Waals surface area contributed by atoms with Gasteiger partial charge in [0, 0.05) is 6.21 Å². The minimum atomic E-state index is -1.45. The van der Waals surface area contributed by atoms with Crippen molar-refractivity contribution in [3.05, 3.63) is 59.9 Å². The van der Waals surface area contributed by atoms with Crippen molar-refractivity contribution in [2.24, 2.45) is 10.9 Å². The van der Waals surface area contributed by atoms with Crippen LogP contribution in [-0.4, -0.2) is 36.6 Å². The number of halogens is 1. The van der Waals surface area contributed by atoms with E-state index >= 15 is 0 Å². The maximum Gasteiger partial charge on any atom is 0.338 e. The fraction of sp³-hybridized carbons (Fsp3) is 0.150. The maximum absolute atomic E-state index is 14.0. The molecule has 1 aliphatic heterocycles. The SMILES string of the molecule is CCOC(=O)c1cccc(N=C[C@H]2C(=O)NC(=O)N(c3ccccc3F)C2=O)c1. The Balaban J connectivity index is 1.86. The molecule has 8 nitrogen and oxygen atoms in total. The predicted octanol–water partition coefficient (Wildman–Crippen LogP) is 2.60. The average Bonchev–Trinajstić information content (AvgIpc) is 2.69. The zero-order valence-corrected chi connectivity index (χ0v) is 15.3. The Morgan fingerprint density at radius 3 is 2.69 bits per heavy atom. The number of nitrogens with zero attached hydrogens (tertiary/aromatic N) is 2. The minimum absolute atomic E-state index is 0.211. The first-order valence-electron chi connectivity index (χ1n) is 8.67. The summed E-state index contributed by atoms with van der Waals surface area (Å²) in [4.78, 5) is 53.3. The smallest absolute Gasteiger partial charge is 0.338 e. The van der Waals surface area contributed by atoms with E-state index in [0.717, 1.165) is 12.3 Å². The van der Waals surface area contributed by atoms with Gasteiger partial charge in [-0.2, -0.15) is 0 Å². The number of imide groups is 2. The average molecular weight is 397 g/mol. The third-order valence-electron chi connectivity index (χ3n) is 4.03. The molecule has 29 heavy (non-hydrogen) atoms. The molecule has 1 atom stereocenters. The molecule has 1 N–H and O–H groups in total. The molecule has 0 bridgehead atoms. The monoisotopic (exact) mass is 397 g/mol. The van der Waals surface area contributed by atoms with Gasteiger partial charge in [0.05, 0.1) is 23.5 Å². The normalized spacial score (nSPS) is 16.8. The number of esters is 1. The first-order chi connectivity index (χ1) is 13.9. The Morgan fingerprint density at radius 1 is 1.21 bits per heavy atom. The van der Waals surface area contributed by atoms with E-state index in [0.29, 0.717) is 10.6 Å². The zero-order valence-electron chi connectivity index (χ0n) is 15.3. The van der Waals surface area contributed by atoms with Crippen LogP contribution < -0.4 is 10.2 Å². The molecule has 0 unspecified atom stereocenters. The second-order valence-corrected chi connectivity index (χ2v) is 5.95. The lowest BCUT2D eigenvalue weighted by Crippen LogP contribution is -2.58. The van der Waals surface area contributed by atoms with Crippen molar-refractivity contribution in [3.8, 4) is 0 Å². The van der Waals surface area contributed by atoms with Crippen LogP contribution in [0.15, 0.2) is 53.5 Å². The van der Waals surface area contributed by atoms with Crippen LogP contribution in [-0.2, 0) is 14.3 Å². The van der Waals surface area contributed by atoms with Crippen molar-refractivity contribution in [2.75, 3.05) is 11.5 Å². The molecule has 3 rings (SSSR count). The van der Waals surface area contributed by atoms with Gasteiger partial charge in [-0.1, -0.05) is 18.2 Å². The lowest BCUT2D eigenvalue weighted by Gasteiger charge is -2.28. The topological polar surface area (TPSA) is 105 Å².